The molecule has 0 spiro atoms. The van der Waals surface area contributed by atoms with Crippen LogP contribution in [0.15, 0.2) is 30.3 Å². The molecule has 0 bridgehead atoms. The number of amides is 1. The number of nitrogens with one attached hydrogen (secondary N) is 1. The monoisotopic (exact) mass is 312 g/mol. The van der Waals surface area contributed by atoms with Crippen molar-refractivity contribution in [3.05, 3.63) is 52.8 Å². The molecule has 0 fully saturated rings. The first-order valence-electron chi connectivity index (χ1n) is 7.99. The lowest BCUT2D eigenvalue weighted by Gasteiger charge is -2.21. The van der Waals surface area contributed by atoms with Crippen molar-refractivity contribution in [1.29, 1.82) is 0 Å². The van der Waals surface area contributed by atoms with Crippen molar-refractivity contribution < 1.29 is 4.79 Å². The summed E-state index contributed by atoms with van der Waals surface area (Å²) in [7, 11) is 0. The van der Waals surface area contributed by atoms with Crippen molar-refractivity contribution in [2.45, 2.75) is 51.7 Å². The van der Waals surface area contributed by atoms with Crippen LogP contribution in [0.1, 0.15) is 54.1 Å². The third-order valence-corrected chi connectivity index (χ3v) is 4.36. The molecule has 1 heterocycles. The summed E-state index contributed by atoms with van der Waals surface area (Å²) in [5.74, 6) is -0.163. The van der Waals surface area contributed by atoms with Crippen LogP contribution in [0.5, 0.6) is 0 Å². The third kappa shape index (κ3) is 2.88. The summed E-state index contributed by atoms with van der Waals surface area (Å²) >= 11 is 0. The molecule has 0 unspecified atom stereocenters. The summed E-state index contributed by atoms with van der Waals surface area (Å²) in [5, 5.41) is 7.51. The van der Waals surface area contributed by atoms with Crippen LogP contribution in [0.25, 0.3) is 0 Å². The van der Waals surface area contributed by atoms with Gasteiger partial charge in [-0.3, -0.25) is 9.48 Å². The number of nitrogens with zero attached hydrogens (tertiary/aromatic N) is 2. The highest BCUT2D eigenvalue weighted by molar-refractivity contribution is 5.92. The Hall–Kier alpha value is -2.14. The highest BCUT2D eigenvalue weighted by Gasteiger charge is 2.31. The molecule has 23 heavy (non-hydrogen) atoms. The van der Waals surface area contributed by atoms with Crippen molar-refractivity contribution in [1.82, 2.24) is 15.1 Å². The molecule has 5 nitrogen and oxygen atoms in total. The van der Waals surface area contributed by atoms with Gasteiger partial charge in [0, 0.05) is 5.69 Å². The molecule has 1 aliphatic rings. The highest BCUT2D eigenvalue weighted by Crippen LogP contribution is 2.29. The zero-order valence-electron chi connectivity index (χ0n) is 14.1. The Morgan fingerprint density at radius 3 is 2.65 bits per heavy atom. The van der Waals surface area contributed by atoms with Crippen molar-refractivity contribution in [3.8, 4) is 0 Å². The fourth-order valence-electron chi connectivity index (χ4n) is 3.27. The molecule has 3 N–H and O–H groups in total. The zero-order valence-corrected chi connectivity index (χ0v) is 14.1. The minimum atomic E-state index is -0.166. The molecular formula is C18H24N4O. The SMILES string of the molecule is Cc1cc(C(=O)N[C@@H]2Cc3ccccc3[C@H]2N)nn1C(C)(C)C. The van der Waals surface area contributed by atoms with Crippen LogP contribution in [0.3, 0.4) is 0 Å². The molecule has 0 saturated carbocycles. The summed E-state index contributed by atoms with van der Waals surface area (Å²) in [6, 6.07) is 9.67. The number of nitrogens with two attached hydrogens (primary N) is 1. The summed E-state index contributed by atoms with van der Waals surface area (Å²) in [5.41, 5.74) is 9.88. The van der Waals surface area contributed by atoms with E-state index in [0.29, 0.717) is 5.69 Å². The van der Waals surface area contributed by atoms with Gasteiger partial charge in [-0.25, -0.2) is 0 Å². The van der Waals surface area contributed by atoms with E-state index >= 15 is 0 Å². The maximum Gasteiger partial charge on any atom is 0.272 e. The molecule has 122 valence electrons. The molecule has 2 aromatic rings. The number of carbonyl (C=O) groups is 1. The largest absolute Gasteiger partial charge is 0.346 e. The summed E-state index contributed by atoms with van der Waals surface area (Å²) < 4.78 is 1.88. The van der Waals surface area contributed by atoms with E-state index in [1.807, 2.05) is 35.9 Å². The molecule has 0 radical (unpaired) electrons. The van der Waals surface area contributed by atoms with Crippen LogP contribution in [-0.2, 0) is 12.0 Å². The lowest BCUT2D eigenvalue weighted by molar-refractivity contribution is 0.0926. The first-order valence-corrected chi connectivity index (χ1v) is 7.99. The van der Waals surface area contributed by atoms with Crippen LogP contribution in [0, 0.1) is 6.92 Å². The van der Waals surface area contributed by atoms with E-state index < -0.39 is 0 Å². The first-order chi connectivity index (χ1) is 10.8. The molecule has 1 aromatic heterocycles. The van der Waals surface area contributed by atoms with Gasteiger partial charge >= 0.3 is 0 Å². The quantitative estimate of drug-likeness (QED) is 0.893. The average Bonchev–Trinajstić information content (AvgIpc) is 3.01. The number of rotatable bonds is 2. The zero-order chi connectivity index (χ0) is 16.8. The van der Waals surface area contributed by atoms with E-state index in [2.05, 4.69) is 37.3 Å². The molecule has 3 rings (SSSR count). The summed E-state index contributed by atoms with van der Waals surface area (Å²) in [6.07, 6.45) is 0.766. The topological polar surface area (TPSA) is 72.9 Å². The van der Waals surface area contributed by atoms with Crippen LogP contribution in [0.4, 0.5) is 0 Å². The van der Waals surface area contributed by atoms with E-state index in [4.69, 9.17) is 5.73 Å². The normalized spacial score (nSPS) is 20.4. The Morgan fingerprint density at radius 2 is 2.04 bits per heavy atom. The molecule has 2 atom stereocenters. The number of carbonyl (C=O) groups excluding carboxylic acids is 1. The molecule has 0 saturated heterocycles. The Balaban J connectivity index is 1.76. The Bertz CT molecular complexity index is 742. The second kappa shape index (κ2) is 5.49. The Morgan fingerprint density at radius 1 is 1.35 bits per heavy atom. The lowest BCUT2D eigenvalue weighted by Crippen LogP contribution is -2.41. The van der Waals surface area contributed by atoms with Gasteiger partial charge in [0.15, 0.2) is 0 Å². The fraction of sp³-hybridized carbons (Fsp3) is 0.444. The second-order valence-corrected chi connectivity index (χ2v) is 7.26. The molecule has 0 aliphatic heterocycles. The van der Waals surface area contributed by atoms with Crippen LogP contribution < -0.4 is 11.1 Å². The van der Waals surface area contributed by atoms with Gasteiger partial charge in [0.05, 0.1) is 17.6 Å². The van der Waals surface area contributed by atoms with Gasteiger partial charge in [0.2, 0.25) is 0 Å². The van der Waals surface area contributed by atoms with Crippen molar-refractivity contribution in [2.75, 3.05) is 0 Å². The molecule has 1 aromatic carbocycles. The molecule has 1 aliphatic carbocycles. The van der Waals surface area contributed by atoms with Gasteiger partial charge in [-0.2, -0.15) is 5.10 Å². The molecule has 5 heteroatoms. The second-order valence-electron chi connectivity index (χ2n) is 7.26. The van der Waals surface area contributed by atoms with Gasteiger partial charge in [0.1, 0.15) is 5.69 Å². The predicted molar refractivity (Wildman–Crippen MR) is 90.3 cm³/mol. The Kier molecular flexibility index (Phi) is 3.76. The van der Waals surface area contributed by atoms with Gasteiger partial charge in [-0.05, 0) is 51.3 Å². The molecule has 1 amide bonds. The number of aryl methyl sites for hydroxylation is 1. The Labute approximate surface area is 136 Å². The minimum Gasteiger partial charge on any atom is -0.346 e. The van der Waals surface area contributed by atoms with Crippen LogP contribution in [-0.4, -0.2) is 21.7 Å². The van der Waals surface area contributed by atoms with E-state index in [1.54, 1.807) is 0 Å². The van der Waals surface area contributed by atoms with Crippen molar-refractivity contribution in [3.63, 3.8) is 0 Å². The summed E-state index contributed by atoms with van der Waals surface area (Å²) in [6.45, 7) is 8.17. The number of benzene rings is 1. The van der Waals surface area contributed by atoms with Gasteiger partial charge in [-0.1, -0.05) is 24.3 Å². The van der Waals surface area contributed by atoms with E-state index in [-0.39, 0.29) is 23.5 Å². The van der Waals surface area contributed by atoms with Gasteiger partial charge in [0.25, 0.3) is 5.91 Å². The van der Waals surface area contributed by atoms with Crippen molar-refractivity contribution in [2.24, 2.45) is 5.73 Å². The van der Waals surface area contributed by atoms with Gasteiger partial charge < -0.3 is 11.1 Å². The minimum absolute atomic E-state index is 0.0833. The number of fused-ring (bicyclic) bond motifs is 1. The van der Waals surface area contributed by atoms with Crippen LogP contribution in [0.2, 0.25) is 0 Å². The van der Waals surface area contributed by atoms with Gasteiger partial charge in [-0.15, -0.1) is 0 Å². The van der Waals surface area contributed by atoms with E-state index in [9.17, 15) is 4.79 Å². The van der Waals surface area contributed by atoms with E-state index in [0.717, 1.165) is 17.7 Å². The predicted octanol–water partition coefficient (Wildman–Crippen LogP) is 2.30. The maximum atomic E-state index is 12.5. The summed E-state index contributed by atoms with van der Waals surface area (Å²) in [4.78, 5) is 12.5. The smallest absolute Gasteiger partial charge is 0.272 e. The number of hydrogen-bond donors (Lipinski definition) is 2. The lowest BCUT2D eigenvalue weighted by atomic mass is 10.1. The number of hydrogen-bond acceptors (Lipinski definition) is 3. The maximum absolute atomic E-state index is 12.5. The van der Waals surface area contributed by atoms with Crippen LogP contribution >= 0.6 is 0 Å². The first kappa shape index (κ1) is 15.7. The molecular weight excluding hydrogens is 288 g/mol. The third-order valence-electron chi connectivity index (χ3n) is 4.36. The highest BCUT2D eigenvalue weighted by atomic mass is 16.2. The van der Waals surface area contributed by atoms with E-state index in [1.165, 1.54) is 5.56 Å². The average molecular weight is 312 g/mol. The standard InChI is InChI=1S/C18H24N4O/c1-11-9-15(21-22(11)18(2,3)4)17(23)20-14-10-12-7-5-6-8-13(12)16(14)19/h5-9,14,16H,10,19H2,1-4H3,(H,20,23)/t14-,16-/m1/s1. The number of aromatic nitrogens is 2. The fourth-order valence-corrected chi connectivity index (χ4v) is 3.27. The van der Waals surface area contributed by atoms with Crippen molar-refractivity contribution >= 4 is 5.91 Å².